The first-order valence-corrected chi connectivity index (χ1v) is 8.38. The summed E-state index contributed by atoms with van der Waals surface area (Å²) in [7, 11) is 0. The number of hydrogen-bond donors (Lipinski definition) is 1. The van der Waals surface area contributed by atoms with Gasteiger partial charge >= 0.3 is 5.97 Å². The highest BCUT2D eigenvalue weighted by molar-refractivity contribution is 6.42. The molecular weight excluding hydrogens is 353 g/mol. The number of amides is 1. The summed E-state index contributed by atoms with van der Waals surface area (Å²) in [6.07, 6.45) is 0. The van der Waals surface area contributed by atoms with E-state index >= 15 is 0 Å². The molecule has 1 atom stereocenters. The van der Waals surface area contributed by atoms with Crippen molar-refractivity contribution in [3.8, 4) is 0 Å². The molecule has 1 aromatic carbocycles. The standard InChI is InChI=1S/C17H19Cl2NO4/c1-4-24-17(23)13-15(21)14(9(2)3)20(16(13)22)8-10-5-6-11(18)12(19)7-10/h5-7,9,14,21H,4,8H2,1-3H3/t14-/m0/s1. The fraction of sp³-hybridized carbons (Fsp3) is 0.412. The second-order valence-electron chi connectivity index (χ2n) is 5.85. The Labute approximate surface area is 150 Å². The zero-order valence-electron chi connectivity index (χ0n) is 13.7. The van der Waals surface area contributed by atoms with E-state index in [0.717, 1.165) is 5.56 Å². The van der Waals surface area contributed by atoms with Crippen LogP contribution < -0.4 is 0 Å². The first kappa shape index (κ1) is 18.6. The van der Waals surface area contributed by atoms with Gasteiger partial charge in [0.25, 0.3) is 5.91 Å². The van der Waals surface area contributed by atoms with Crippen molar-refractivity contribution in [3.05, 3.63) is 45.1 Å². The number of rotatable bonds is 5. The Hall–Kier alpha value is -1.72. The average molecular weight is 372 g/mol. The molecule has 0 saturated carbocycles. The molecule has 1 heterocycles. The largest absolute Gasteiger partial charge is 0.509 e. The third-order valence-electron chi connectivity index (χ3n) is 3.79. The van der Waals surface area contributed by atoms with E-state index in [4.69, 9.17) is 27.9 Å². The van der Waals surface area contributed by atoms with E-state index in [1.165, 1.54) is 4.90 Å². The Bertz CT molecular complexity index is 700. The summed E-state index contributed by atoms with van der Waals surface area (Å²) in [5.41, 5.74) is 0.455. The number of carbonyl (C=O) groups is 2. The molecule has 0 spiro atoms. The lowest BCUT2D eigenvalue weighted by Crippen LogP contribution is -2.38. The van der Waals surface area contributed by atoms with E-state index in [9.17, 15) is 14.7 Å². The normalized spacial score (nSPS) is 17.8. The molecule has 1 aromatic rings. The van der Waals surface area contributed by atoms with Crippen molar-refractivity contribution < 1.29 is 19.4 Å². The molecule has 0 saturated heterocycles. The van der Waals surface area contributed by atoms with Crippen LogP contribution in [0.25, 0.3) is 0 Å². The average Bonchev–Trinajstić information content (AvgIpc) is 2.74. The van der Waals surface area contributed by atoms with Gasteiger partial charge in [0.05, 0.1) is 22.7 Å². The topological polar surface area (TPSA) is 66.8 Å². The highest BCUT2D eigenvalue weighted by atomic mass is 35.5. The van der Waals surface area contributed by atoms with Gasteiger partial charge in [-0.1, -0.05) is 43.1 Å². The lowest BCUT2D eigenvalue weighted by molar-refractivity contribution is -0.141. The lowest BCUT2D eigenvalue weighted by atomic mass is 10.0. The maximum atomic E-state index is 12.7. The van der Waals surface area contributed by atoms with Gasteiger partial charge in [-0.05, 0) is 30.5 Å². The predicted octanol–water partition coefficient (Wildman–Crippen LogP) is 3.74. The van der Waals surface area contributed by atoms with E-state index in [1.54, 1.807) is 25.1 Å². The third kappa shape index (κ3) is 3.52. The van der Waals surface area contributed by atoms with Crippen LogP contribution >= 0.6 is 23.2 Å². The molecule has 24 heavy (non-hydrogen) atoms. The quantitative estimate of drug-likeness (QED) is 0.632. The van der Waals surface area contributed by atoms with Crippen LogP contribution in [-0.4, -0.2) is 34.5 Å². The minimum absolute atomic E-state index is 0.0800. The molecule has 1 aliphatic rings. The number of nitrogens with zero attached hydrogens (tertiary/aromatic N) is 1. The zero-order chi connectivity index (χ0) is 18.0. The molecular formula is C17H19Cl2NO4. The second-order valence-corrected chi connectivity index (χ2v) is 6.67. The Morgan fingerprint density at radius 1 is 1.33 bits per heavy atom. The molecule has 0 radical (unpaired) electrons. The molecule has 0 bridgehead atoms. The number of ether oxygens (including phenoxy) is 1. The first-order chi connectivity index (χ1) is 11.3. The molecule has 5 nitrogen and oxygen atoms in total. The minimum Gasteiger partial charge on any atom is -0.509 e. The third-order valence-corrected chi connectivity index (χ3v) is 4.53. The van der Waals surface area contributed by atoms with Gasteiger partial charge in [0.1, 0.15) is 5.76 Å². The van der Waals surface area contributed by atoms with Crippen molar-refractivity contribution in [2.24, 2.45) is 5.92 Å². The number of hydrogen-bond acceptors (Lipinski definition) is 4. The number of halogens is 2. The van der Waals surface area contributed by atoms with Crippen LogP contribution in [0.4, 0.5) is 0 Å². The highest BCUT2D eigenvalue weighted by Gasteiger charge is 2.44. The highest BCUT2D eigenvalue weighted by Crippen LogP contribution is 2.32. The summed E-state index contributed by atoms with van der Waals surface area (Å²) in [5.74, 6) is -1.67. The number of aliphatic hydroxyl groups excluding tert-OH is 1. The summed E-state index contributed by atoms with van der Waals surface area (Å²) in [6, 6.07) is 4.46. The van der Waals surface area contributed by atoms with Crippen LogP contribution in [0, 0.1) is 5.92 Å². The SMILES string of the molecule is CCOC(=O)C1=C(O)[C@H](C(C)C)N(Cc2ccc(Cl)c(Cl)c2)C1=O. The minimum atomic E-state index is -0.803. The number of aliphatic hydroxyl groups is 1. The second kappa shape index (κ2) is 7.45. The van der Waals surface area contributed by atoms with Crippen molar-refractivity contribution in [2.75, 3.05) is 6.61 Å². The predicted molar refractivity (Wildman–Crippen MR) is 91.9 cm³/mol. The smallest absolute Gasteiger partial charge is 0.347 e. The van der Waals surface area contributed by atoms with Crippen molar-refractivity contribution in [2.45, 2.75) is 33.4 Å². The van der Waals surface area contributed by atoms with E-state index in [2.05, 4.69) is 0 Å². The van der Waals surface area contributed by atoms with Crippen molar-refractivity contribution in [1.29, 1.82) is 0 Å². The molecule has 2 rings (SSSR count). The fourth-order valence-corrected chi connectivity index (χ4v) is 3.07. The summed E-state index contributed by atoms with van der Waals surface area (Å²) in [6.45, 7) is 5.70. The van der Waals surface area contributed by atoms with Gasteiger partial charge in [-0.25, -0.2) is 4.79 Å². The summed E-state index contributed by atoms with van der Waals surface area (Å²) >= 11 is 11.9. The van der Waals surface area contributed by atoms with Crippen LogP contribution in [0.2, 0.25) is 10.0 Å². The van der Waals surface area contributed by atoms with Crippen LogP contribution in [0.15, 0.2) is 29.5 Å². The summed E-state index contributed by atoms with van der Waals surface area (Å²) in [4.78, 5) is 26.1. The monoisotopic (exact) mass is 371 g/mol. The van der Waals surface area contributed by atoms with Crippen molar-refractivity contribution in [1.82, 2.24) is 4.90 Å². The number of esters is 1. The van der Waals surface area contributed by atoms with Gasteiger partial charge in [0, 0.05) is 6.54 Å². The molecule has 0 aliphatic carbocycles. The molecule has 130 valence electrons. The van der Waals surface area contributed by atoms with Gasteiger partial charge in [-0.3, -0.25) is 4.79 Å². The lowest BCUT2D eigenvalue weighted by Gasteiger charge is -2.28. The first-order valence-electron chi connectivity index (χ1n) is 7.63. The summed E-state index contributed by atoms with van der Waals surface area (Å²) in [5, 5.41) is 11.2. The van der Waals surface area contributed by atoms with E-state index in [-0.39, 0.29) is 30.4 Å². The Balaban J connectivity index is 2.34. The van der Waals surface area contributed by atoms with Gasteiger partial charge in [-0.15, -0.1) is 0 Å². The molecule has 0 fully saturated rings. The van der Waals surface area contributed by atoms with Crippen LogP contribution in [0.3, 0.4) is 0 Å². The van der Waals surface area contributed by atoms with Crippen molar-refractivity contribution in [3.63, 3.8) is 0 Å². The maximum absolute atomic E-state index is 12.7. The fourth-order valence-electron chi connectivity index (χ4n) is 2.75. The molecule has 1 aliphatic heterocycles. The molecule has 1 N–H and O–H groups in total. The van der Waals surface area contributed by atoms with Gasteiger partial charge < -0.3 is 14.7 Å². The molecule has 0 unspecified atom stereocenters. The summed E-state index contributed by atoms with van der Waals surface area (Å²) < 4.78 is 4.89. The molecule has 0 aromatic heterocycles. The maximum Gasteiger partial charge on any atom is 0.347 e. The number of carbonyl (C=O) groups excluding carboxylic acids is 2. The van der Waals surface area contributed by atoms with Gasteiger partial charge in [0.2, 0.25) is 0 Å². The number of benzene rings is 1. The Kier molecular flexibility index (Phi) is 5.78. The Morgan fingerprint density at radius 2 is 2.00 bits per heavy atom. The van der Waals surface area contributed by atoms with Gasteiger partial charge in [-0.2, -0.15) is 0 Å². The molecule has 1 amide bonds. The van der Waals surface area contributed by atoms with E-state index in [0.29, 0.717) is 10.0 Å². The van der Waals surface area contributed by atoms with Crippen molar-refractivity contribution >= 4 is 35.1 Å². The van der Waals surface area contributed by atoms with Crippen LogP contribution in [0.5, 0.6) is 0 Å². The Morgan fingerprint density at radius 3 is 2.54 bits per heavy atom. The van der Waals surface area contributed by atoms with Crippen LogP contribution in [-0.2, 0) is 20.9 Å². The molecule has 7 heteroatoms. The zero-order valence-corrected chi connectivity index (χ0v) is 15.2. The van der Waals surface area contributed by atoms with Gasteiger partial charge in [0.15, 0.2) is 5.57 Å². The van der Waals surface area contributed by atoms with E-state index < -0.39 is 17.9 Å². The van der Waals surface area contributed by atoms with Crippen LogP contribution in [0.1, 0.15) is 26.3 Å². The van der Waals surface area contributed by atoms with E-state index in [1.807, 2.05) is 13.8 Å².